The van der Waals surface area contributed by atoms with Gasteiger partial charge in [0.2, 0.25) is 5.91 Å². The van der Waals surface area contributed by atoms with E-state index in [1.807, 2.05) is 61.3 Å². The van der Waals surface area contributed by atoms with E-state index in [-0.39, 0.29) is 5.91 Å². The van der Waals surface area contributed by atoms with Gasteiger partial charge in [-0.2, -0.15) is 0 Å². The number of pyridine rings is 1. The average molecular weight is 458 g/mol. The first-order valence-electron chi connectivity index (χ1n) is 10.9. The maximum Gasteiger partial charge on any atom is 0.257 e. The Morgan fingerprint density at radius 2 is 1.69 bits per heavy atom. The van der Waals surface area contributed by atoms with Crippen LogP contribution in [0.3, 0.4) is 0 Å². The maximum atomic E-state index is 12.6. The first-order chi connectivity index (χ1) is 15.7. The zero-order valence-corrected chi connectivity index (χ0v) is 19.7. The summed E-state index contributed by atoms with van der Waals surface area (Å²) in [7, 11) is 1.00. The van der Waals surface area contributed by atoms with Crippen LogP contribution < -0.4 is 9.47 Å². The van der Waals surface area contributed by atoms with Crippen LogP contribution in [-0.2, 0) is 11.2 Å². The van der Waals surface area contributed by atoms with Gasteiger partial charge in [-0.05, 0) is 28.7 Å². The van der Waals surface area contributed by atoms with Crippen LogP contribution in [0, 0.1) is 0 Å². The van der Waals surface area contributed by atoms with Gasteiger partial charge in [0.15, 0.2) is 5.75 Å². The van der Waals surface area contributed by atoms with E-state index in [0.717, 1.165) is 43.7 Å². The Morgan fingerprint density at radius 1 is 1.03 bits per heavy atom. The molecular weight excluding hydrogens is 426 g/mol. The minimum absolute atomic E-state index is 0.204. The van der Waals surface area contributed by atoms with Crippen LogP contribution in [0.2, 0.25) is 0 Å². The third-order valence-electron chi connectivity index (χ3n) is 5.16. The second-order valence-electron chi connectivity index (χ2n) is 7.18. The van der Waals surface area contributed by atoms with E-state index in [9.17, 15) is 4.79 Å². The highest BCUT2D eigenvalue weighted by molar-refractivity contribution is 7.97. The van der Waals surface area contributed by atoms with Gasteiger partial charge >= 0.3 is 0 Å². The van der Waals surface area contributed by atoms with Gasteiger partial charge in [0.1, 0.15) is 13.2 Å². The number of amides is 1. The van der Waals surface area contributed by atoms with Gasteiger partial charge in [0, 0.05) is 50.4 Å². The lowest BCUT2D eigenvalue weighted by Gasteiger charge is -2.23. The van der Waals surface area contributed by atoms with E-state index in [1.165, 1.54) is 11.1 Å². The lowest BCUT2D eigenvalue weighted by Crippen LogP contribution is -2.33. The summed E-state index contributed by atoms with van der Waals surface area (Å²) in [5.74, 6) is 1.50. The molecule has 172 valence electrons. The molecule has 4 heterocycles. The van der Waals surface area contributed by atoms with E-state index < -0.39 is 0 Å². The second-order valence-corrected chi connectivity index (χ2v) is 8.35. The zero-order chi connectivity index (χ0) is 22.9. The van der Waals surface area contributed by atoms with Gasteiger partial charge in [-0.25, -0.2) is 9.29 Å². The molecule has 0 aliphatic carbocycles. The Balaban J connectivity index is 0.000000686. The van der Waals surface area contributed by atoms with E-state index in [2.05, 4.69) is 9.29 Å². The molecular formula is C24H31N3O4S. The number of hydrogen-bond acceptors (Lipinski definition) is 7. The SMILES string of the molecule is CC.CO.O=C(Cc1ccccc1)N1CC2=C(CN(Sc3cnc4c(c3)OCCO4)C2)C1. The molecule has 0 fully saturated rings. The summed E-state index contributed by atoms with van der Waals surface area (Å²) in [5.41, 5.74) is 3.82. The van der Waals surface area contributed by atoms with Gasteiger partial charge in [-0.3, -0.25) is 4.79 Å². The molecule has 3 aliphatic heterocycles. The zero-order valence-electron chi connectivity index (χ0n) is 18.9. The Bertz CT molecular complexity index is 918. The molecule has 1 aromatic carbocycles. The minimum atomic E-state index is 0.204. The fourth-order valence-corrected chi connectivity index (χ4v) is 4.78. The molecule has 0 saturated carbocycles. The van der Waals surface area contributed by atoms with E-state index in [4.69, 9.17) is 14.6 Å². The largest absolute Gasteiger partial charge is 0.484 e. The Labute approximate surface area is 194 Å². The molecule has 2 aromatic rings. The lowest BCUT2D eigenvalue weighted by atomic mass is 10.1. The smallest absolute Gasteiger partial charge is 0.257 e. The van der Waals surface area contributed by atoms with Crippen molar-refractivity contribution in [3.8, 4) is 11.6 Å². The molecule has 0 spiro atoms. The van der Waals surface area contributed by atoms with Crippen molar-refractivity contribution >= 4 is 17.9 Å². The summed E-state index contributed by atoms with van der Waals surface area (Å²) in [6.45, 7) is 8.37. The number of aliphatic hydroxyl groups is 1. The second kappa shape index (κ2) is 11.9. The number of rotatable bonds is 4. The molecule has 5 rings (SSSR count). The van der Waals surface area contributed by atoms with Gasteiger partial charge in [-0.1, -0.05) is 44.2 Å². The molecule has 7 nitrogen and oxygen atoms in total. The van der Waals surface area contributed by atoms with Gasteiger partial charge in [-0.15, -0.1) is 0 Å². The average Bonchev–Trinajstić information content (AvgIpc) is 3.41. The maximum absolute atomic E-state index is 12.6. The Morgan fingerprint density at radius 3 is 2.38 bits per heavy atom. The van der Waals surface area contributed by atoms with Crippen molar-refractivity contribution in [1.29, 1.82) is 0 Å². The highest BCUT2D eigenvalue weighted by Crippen LogP contribution is 2.36. The lowest BCUT2D eigenvalue weighted by molar-refractivity contribution is -0.129. The molecule has 0 saturated heterocycles. The Kier molecular flexibility index (Phi) is 8.96. The van der Waals surface area contributed by atoms with E-state index in [0.29, 0.717) is 31.3 Å². The van der Waals surface area contributed by atoms with Gasteiger partial charge < -0.3 is 19.5 Å². The van der Waals surface area contributed by atoms with Crippen molar-refractivity contribution in [1.82, 2.24) is 14.2 Å². The summed E-state index contributed by atoms with van der Waals surface area (Å²) in [6, 6.07) is 11.9. The fraction of sp³-hybridized carbons (Fsp3) is 0.417. The van der Waals surface area contributed by atoms with Crippen LogP contribution in [0.25, 0.3) is 0 Å². The van der Waals surface area contributed by atoms with Gasteiger partial charge in [0.25, 0.3) is 5.88 Å². The van der Waals surface area contributed by atoms with Crippen molar-refractivity contribution < 1.29 is 19.4 Å². The molecule has 32 heavy (non-hydrogen) atoms. The molecule has 1 amide bonds. The Hall–Kier alpha value is -2.55. The first-order valence-corrected chi connectivity index (χ1v) is 11.7. The first kappa shape index (κ1) is 24.1. The van der Waals surface area contributed by atoms with Crippen molar-refractivity contribution in [2.24, 2.45) is 0 Å². The van der Waals surface area contributed by atoms with Crippen LogP contribution in [0.5, 0.6) is 11.6 Å². The molecule has 0 unspecified atom stereocenters. The van der Waals surface area contributed by atoms with E-state index >= 15 is 0 Å². The number of hydrogen-bond donors (Lipinski definition) is 1. The van der Waals surface area contributed by atoms with Crippen LogP contribution in [0.1, 0.15) is 19.4 Å². The fourth-order valence-electron chi connectivity index (χ4n) is 3.78. The van der Waals surface area contributed by atoms with E-state index in [1.54, 1.807) is 11.9 Å². The van der Waals surface area contributed by atoms with Crippen molar-refractivity contribution in [2.45, 2.75) is 25.2 Å². The normalized spacial score (nSPS) is 16.6. The quantitative estimate of drug-likeness (QED) is 0.558. The topological polar surface area (TPSA) is 75.1 Å². The summed E-state index contributed by atoms with van der Waals surface area (Å²) >= 11 is 1.68. The predicted octanol–water partition coefficient (Wildman–Crippen LogP) is 3.19. The number of carbonyl (C=O) groups excluding carboxylic acids is 1. The highest BCUT2D eigenvalue weighted by Gasteiger charge is 2.32. The summed E-state index contributed by atoms with van der Waals surface area (Å²) in [5, 5.41) is 7.00. The molecule has 8 heteroatoms. The number of nitrogens with zero attached hydrogens (tertiary/aromatic N) is 3. The van der Waals surface area contributed by atoms with Crippen molar-refractivity contribution in [2.75, 3.05) is 46.5 Å². The van der Waals surface area contributed by atoms with Crippen LogP contribution >= 0.6 is 11.9 Å². The molecule has 0 bridgehead atoms. The number of ether oxygens (including phenoxy) is 2. The standard InChI is InChI=1S/C21H21N3O3S.C2H6.CH4O/c25-20(8-15-4-2-1-3-5-15)23-11-16-13-24(14-17(16)12-23)28-18-9-19-21(22-10-18)27-7-6-26-19;2*1-2/h1-5,9-10H,6-8,11-14H2;1-2H3;2H,1H3. The monoisotopic (exact) mass is 457 g/mol. The third kappa shape index (κ3) is 5.82. The van der Waals surface area contributed by atoms with Crippen molar-refractivity contribution in [3.05, 3.63) is 59.3 Å². The summed E-state index contributed by atoms with van der Waals surface area (Å²) in [4.78, 5) is 20.0. The highest BCUT2D eigenvalue weighted by atomic mass is 32.2. The summed E-state index contributed by atoms with van der Waals surface area (Å²) < 4.78 is 13.4. The van der Waals surface area contributed by atoms with Gasteiger partial charge in [0.05, 0.1) is 6.42 Å². The number of fused-ring (bicyclic) bond motifs is 1. The molecule has 0 radical (unpaired) electrons. The van der Waals surface area contributed by atoms with Crippen molar-refractivity contribution in [3.63, 3.8) is 0 Å². The summed E-state index contributed by atoms with van der Waals surface area (Å²) in [6.07, 6.45) is 2.31. The third-order valence-corrected chi connectivity index (χ3v) is 6.11. The molecule has 3 aliphatic rings. The molecule has 0 atom stereocenters. The predicted molar refractivity (Wildman–Crippen MR) is 126 cm³/mol. The van der Waals surface area contributed by atoms with Crippen LogP contribution in [-0.4, -0.2) is 71.7 Å². The molecule has 1 aromatic heterocycles. The minimum Gasteiger partial charge on any atom is -0.484 e. The van der Waals surface area contributed by atoms with Crippen LogP contribution in [0.4, 0.5) is 0 Å². The number of aromatic nitrogens is 1. The number of aliphatic hydroxyl groups excluding tert-OH is 1. The van der Waals surface area contributed by atoms with Crippen LogP contribution in [0.15, 0.2) is 58.6 Å². The number of benzene rings is 1. The molecule has 1 N–H and O–H groups in total. The number of carbonyl (C=O) groups is 1.